The molecule has 9 heteroatoms. The van der Waals surface area contributed by atoms with Gasteiger partial charge in [-0.2, -0.15) is 13.2 Å². The monoisotopic (exact) mass is 485 g/mol. The van der Waals surface area contributed by atoms with Crippen molar-refractivity contribution in [3.05, 3.63) is 66.5 Å². The second-order valence-corrected chi connectivity index (χ2v) is 7.88. The summed E-state index contributed by atoms with van der Waals surface area (Å²) >= 11 is 0. The molecule has 184 valence electrons. The van der Waals surface area contributed by atoms with E-state index in [1.807, 2.05) is 24.3 Å². The van der Waals surface area contributed by atoms with Crippen molar-refractivity contribution < 1.29 is 27.1 Å². The first-order valence-corrected chi connectivity index (χ1v) is 11.4. The summed E-state index contributed by atoms with van der Waals surface area (Å²) in [6, 6.07) is 14.7. The lowest BCUT2D eigenvalue weighted by Gasteiger charge is -2.17. The summed E-state index contributed by atoms with van der Waals surface area (Å²) in [6.45, 7) is 8.04. The van der Waals surface area contributed by atoms with Crippen LogP contribution in [-0.2, 0) is 6.18 Å². The smallest absolute Gasteiger partial charge is 0.433 e. The minimum atomic E-state index is -4.50. The van der Waals surface area contributed by atoms with Crippen LogP contribution in [0, 0.1) is 0 Å². The Bertz CT molecular complexity index is 1230. The first kappa shape index (κ1) is 24.5. The minimum absolute atomic E-state index is 0.185. The molecule has 4 aromatic rings. The second-order valence-electron chi connectivity index (χ2n) is 7.88. The summed E-state index contributed by atoms with van der Waals surface area (Å²) in [6.07, 6.45) is -2.50. The highest BCUT2D eigenvalue weighted by Gasteiger charge is 2.32. The third-order valence-electron chi connectivity index (χ3n) is 5.51. The van der Waals surface area contributed by atoms with Crippen LogP contribution in [0.3, 0.4) is 0 Å². The number of hydrogen-bond acceptors (Lipinski definition) is 6. The number of fused-ring (bicyclic) bond motifs is 1. The molecule has 4 rings (SSSR count). The summed E-state index contributed by atoms with van der Waals surface area (Å²) in [5.41, 5.74) is 0.950. The number of pyridine rings is 1. The molecule has 6 nitrogen and oxygen atoms in total. The van der Waals surface area contributed by atoms with Crippen molar-refractivity contribution in [2.24, 2.45) is 0 Å². The lowest BCUT2D eigenvalue weighted by molar-refractivity contribution is -0.141. The summed E-state index contributed by atoms with van der Waals surface area (Å²) in [5, 5.41) is 0. The molecule has 2 heterocycles. The van der Waals surface area contributed by atoms with Gasteiger partial charge in [-0.1, -0.05) is 13.8 Å². The van der Waals surface area contributed by atoms with Gasteiger partial charge in [-0.15, -0.1) is 0 Å². The van der Waals surface area contributed by atoms with Gasteiger partial charge >= 0.3 is 6.18 Å². The molecule has 0 atom stereocenters. The molecule has 0 N–H and O–H groups in total. The van der Waals surface area contributed by atoms with Crippen LogP contribution >= 0.6 is 0 Å². The van der Waals surface area contributed by atoms with Gasteiger partial charge in [0.2, 0.25) is 5.89 Å². The lowest BCUT2D eigenvalue weighted by atomic mass is 10.2. The van der Waals surface area contributed by atoms with Gasteiger partial charge in [0.05, 0.1) is 12.8 Å². The Hall–Kier alpha value is -3.59. The molecule has 0 bridgehead atoms. The highest BCUT2D eigenvalue weighted by atomic mass is 19.4. The zero-order chi connectivity index (χ0) is 24.8. The number of alkyl halides is 3. The molecule has 2 aromatic heterocycles. The molecule has 35 heavy (non-hydrogen) atoms. The van der Waals surface area contributed by atoms with E-state index in [2.05, 4.69) is 28.7 Å². The number of oxazole rings is 1. The van der Waals surface area contributed by atoms with E-state index in [1.165, 1.54) is 6.07 Å². The number of benzene rings is 2. The first-order valence-electron chi connectivity index (χ1n) is 11.4. The SMILES string of the molecule is CCN(CC)CCCOc1ccc(-c2nc3ccc(Oc4ccc(C(F)(F)F)nc4)cc3o2)cc1. The number of rotatable bonds is 10. The summed E-state index contributed by atoms with van der Waals surface area (Å²) in [5.74, 6) is 1.81. The summed E-state index contributed by atoms with van der Waals surface area (Å²) in [7, 11) is 0. The van der Waals surface area contributed by atoms with Crippen LogP contribution in [-0.4, -0.2) is 41.1 Å². The number of halogens is 3. The van der Waals surface area contributed by atoms with Gasteiger partial charge < -0.3 is 18.8 Å². The predicted octanol–water partition coefficient (Wildman–Crippen LogP) is 6.81. The zero-order valence-electron chi connectivity index (χ0n) is 19.5. The van der Waals surface area contributed by atoms with Crippen LogP contribution in [0.5, 0.6) is 17.2 Å². The maximum atomic E-state index is 12.7. The average molecular weight is 486 g/mol. The summed E-state index contributed by atoms with van der Waals surface area (Å²) in [4.78, 5) is 10.3. The van der Waals surface area contributed by atoms with Crippen molar-refractivity contribution in [2.45, 2.75) is 26.4 Å². The minimum Gasteiger partial charge on any atom is -0.494 e. The topological polar surface area (TPSA) is 60.6 Å². The van der Waals surface area contributed by atoms with E-state index >= 15 is 0 Å². The van der Waals surface area contributed by atoms with E-state index in [1.54, 1.807) is 18.2 Å². The molecular weight excluding hydrogens is 459 g/mol. The Balaban J connectivity index is 1.39. The molecule has 0 amide bonds. The number of aromatic nitrogens is 2. The first-order chi connectivity index (χ1) is 16.9. The Kier molecular flexibility index (Phi) is 7.55. The second kappa shape index (κ2) is 10.8. The fraction of sp³-hybridized carbons (Fsp3) is 0.308. The van der Waals surface area contributed by atoms with Crippen molar-refractivity contribution in [1.29, 1.82) is 0 Å². The molecule has 0 fully saturated rings. The van der Waals surface area contributed by atoms with E-state index in [0.717, 1.165) is 49.6 Å². The van der Waals surface area contributed by atoms with Crippen molar-refractivity contribution >= 4 is 11.1 Å². The van der Waals surface area contributed by atoms with E-state index in [9.17, 15) is 13.2 Å². The van der Waals surface area contributed by atoms with Crippen molar-refractivity contribution in [3.8, 4) is 28.7 Å². The van der Waals surface area contributed by atoms with Gasteiger partial charge in [0.1, 0.15) is 28.5 Å². The van der Waals surface area contributed by atoms with Crippen LogP contribution in [0.2, 0.25) is 0 Å². The van der Waals surface area contributed by atoms with Gasteiger partial charge in [0.15, 0.2) is 5.58 Å². The highest BCUT2D eigenvalue weighted by molar-refractivity contribution is 5.77. The quantitative estimate of drug-likeness (QED) is 0.230. The van der Waals surface area contributed by atoms with Crippen molar-refractivity contribution in [2.75, 3.05) is 26.2 Å². The molecule has 0 saturated heterocycles. The third-order valence-corrected chi connectivity index (χ3v) is 5.51. The molecule has 0 spiro atoms. The van der Waals surface area contributed by atoms with Crippen molar-refractivity contribution in [3.63, 3.8) is 0 Å². The van der Waals surface area contributed by atoms with Crippen LogP contribution < -0.4 is 9.47 Å². The molecule has 0 unspecified atom stereocenters. The van der Waals surface area contributed by atoms with Gasteiger partial charge in [-0.25, -0.2) is 9.97 Å². The lowest BCUT2D eigenvalue weighted by Crippen LogP contribution is -2.25. The maximum absolute atomic E-state index is 12.7. The van der Waals surface area contributed by atoms with E-state index in [0.29, 0.717) is 29.3 Å². The number of ether oxygens (including phenoxy) is 2. The van der Waals surface area contributed by atoms with Gasteiger partial charge in [-0.05, 0) is 68.0 Å². The fourth-order valence-electron chi connectivity index (χ4n) is 3.55. The normalized spacial score (nSPS) is 11.8. The molecule has 0 aliphatic rings. The molecule has 0 aliphatic carbocycles. The third kappa shape index (κ3) is 6.30. The van der Waals surface area contributed by atoms with Crippen LogP contribution in [0.15, 0.2) is 65.2 Å². The standard InChI is InChI=1S/C26H26F3N3O3/c1-3-32(4-2)14-5-15-33-19-8-6-18(7-9-19)25-31-22-12-10-20(16-23(22)35-25)34-21-11-13-24(30-17-21)26(27,28)29/h6-13,16-17H,3-5,14-15H2,1-2H3. The molecule has 2 aromatic carbocycles. The van der Waals surface area contributed by atoms with Gasteiger partial charge in [0.25, 0.3) is 0 Å². The van der Waals surface area contributed by atoms with Crippen LogP contribution in [0.1, 0.15) is 26.0 Å². The summed E-state index contributed by atoms with van der Waals surface area (Å²) < 4.78 is 55.4. The molecule has 0 aliphatic heterocycles. The van der Waals surface area contributed by atoms with Crippen LogP contribution in [0.4, 0.5) is 13.2 Å². The maximum Gasteiger partial charge on any atom is 0.433 e. The van der Waals surface area contributed by atoms with Gasteiger partial charge in [-0.3, -0.25) is 0 Å². The Morgan fingerprint density at radius 3 is 2.29 bits per heavy atom. The molecular formula is C26H26F3N3O3. The van der Waals surface area contributed by atoms with Gasteiger partial charge in [0, 0.05) is 18.2 Å². The van der Waals surface area contributed by atoms with Crippen LogP contribution in [0.25, 0.3) is 22.6 Å². The van der Waals surface area contributed by atoms with E-state index in [-0.39, 0.29) is 5.75 Å². The van der Waals surface area contributed by atoms with E-state index < -0.39 is 11.9 Å². The molecule has 0 radical (unpaired) electrons. The van der Waals surface area contributed by atoms with E-state index in [4.69, 9.17) is 13.9 Å². The zero-order valence-corrected chi connectivity index (χ0v) is 19.5. The number of nitrogens with zero attached hydrogens (tertiary/aromatic N) is 3. The largest absolute Gasteiger partial charge is 0.494 e. The predicted molar refractivity (Wildman–Crippen MR) is 127 cm³/mol. The Labute approximate surface area is 201 Å². The fourth-order valence-corrected chi connectivity index (χ4v) is 3.55. The number of hydrogen-bond donors (Lipinski definition) is 0. The van der Waals surface area contributed by atoms with Crippen molar-refractivity contribution in [1.82, 2.24) is 14.9 Å². The molecule has 0 saturated carbocycles. The Morgan fingerprint density at radius 1 is 0.914 bits per heavy atom. The average Bonchev–Trinajstić information content (AvgIpc) is 3.28. The highest BCUT2D eigenvalue weighted by Crippen LogP contribution is 2.32. The Morgan fingerprint density at radius 2 is 1.63 bits per heavy atom.